The van der Waals surface area contributed by atoms with Gasteiger partial charge in [-0.05, 0) is 30.0 Å². The molecule has 2 rings (SSSR count). The quantitative estimate of drug-likeness (QED) is 0.570. The summed E-state index contributed by atoms with van der Waals surface area (Å²) in [6.07, 6.45) is 1.68. The maximum Gasteiger partial charge on any atom is 0.250 e. The van der Waals surface area contributed by atoms with E-state index in [4.69, 9.17) is 10.8 Å². The average Bonchev–Trinajstić information content (AvgIpc) is 2.86. The van der Waals surface area contributed by atoms with Gasteiger partial charge in [-0.3, -0.25) is 14.9 Å². The van der Waals surface area contributed by atoms with Crippen molar-refractivity contribution in [2.45, 2.75) is 32.2 Å². The van der Waals surface area contributed by atoms with Gasteiger partial charge in [0.1, 0.15) is 0 Å². The number of nitrogens with zero attached hydrogens (tertiary/aromatic N) is 2. The second-order valence-corrected chi connectivity index (χ2v) is 5.67. The fraction of sp³-hybridized carbons (Fsp3) is 0.533. The molecular weight excluding hydrogens is 286 g/mol. The molecule has 7 heteroatoms. The minimum absolute atomic E-state index is 0.0934. The van der Waals surface area contributed by atoms with E-state index in [1.54, 1.807) is 13.0 Å². The largest absolute Gasteiger partial charge is 0.396 e. The normalized spacial score (nSPS) is 14.7. The molecule has 1 atom stereocenters. The molecule has 7 nitrogen and oxygen atoms in total. The van der Waals surface area contributed by atoms with E-state index in [1.165, 1.54) is 0 Å². The summed E-state index contributed by atoms with van der Waals surface area (Å²) < 4.78 is 0. The number of amides is 1. The molecular formula is C15H21N3O4. The van der Waals surface area contributed by atoms with Crippen molar-refractivity contribution in [3.63, 3.8) is 0 Å². The van der Waals surface area contributed by atoms with Gasteiger partial charge in [-0.2, -0.15) is 0 Å². The standard InChI is InChI=1S/C15H21N3O4/c1-10(18(21)22)7-11-8-12-3-5-17(4-2-6-19)14(12)13(9-11)15(16)20/h8-10,19H,2-7H2,1H3,(H2,16,20). The molecule has 1 aromatic rings. The van der Waals surface area contributed by atoms with Gasteiger partial charge in [0.25, 0.3) is 5.91 Å². The minimum Gasteiger partial charge on any atom is -0.396 e. The van der Waals surface area contributed by atoms with Crippen LogP contribution in [0.4, 0.5) is 5.69 Å². The summed E-state index contributed by atoms with van der Waals surface area (Å²) in [7, 11) is 0. The number of carbonyl (C=O) groups excluding carboxylic acids is 1. The zero-order valence-electron chi connectivity index (χ0n) is 12.6. The monoisotopic (exact) mass is 307 g/mol. The molecule has 1 aliphatic rings. The van der Waals surface area contributed by atoms with Crippen molar-refractivity contribution in [1.29, 1.82) is 0 Å². The van der Waals surface area contributed by atoms with E-state index >= 15 is 0 Å². The van der Waals surface area contributed by atoms with Crippen LogP contribution >= 0.6 is 0 Å². The number of hydrogen-bond acceptors (Lipinski definition) is 5. The van der Waals surface area contributed by atoms with Gasteiger partial charge in [0.15, 0.2) is 0 Å². The molecule has 1 aromatic carbocycles. The summed E-state index contributed by atoms with van der Waals surface area (Å²) in [5, 5.41) is 19.8. The van der Waals surface area contributed by atoms with Crippen molar-refractivity contribution >= 4 is 11.6 Å². The number of aliphatic hydroxyl groups is 1. The topological polar surface area (TPSA) is 110 Å². The van der Waals surface area contributed by atoms with Crippen LogP contribution < -0.4 is 10.6 Å². The van der Waals surface area contributed by atoms with E-state index in [2.05, 4.69) is 0 Å². The number of nitrogens with two attached hydrogens (primary N) is 1. The van der Waals surface area contributed by atoms with Crippen molar-refractivity contribution in [2.24, 2.45) is 5.73 Å². The lowest BCUT2D eigenvalue weighted by Crippen LogP contribution is -2.26. The van der Waals surface area contributed by atoms with Gasteiger partial charge in [0.05, 0.1) is 11.3 Å². The third-order valence-electron chi connectivity index (χ3n) is 3.96. The molecule has 0 saturated heterocycles. The lowest BCUT2D eigenvalue weighted by atomic mass is 9.98. The summed E-state index contributed by atoms with van der Waals surface area (Å²) in [4.78, 5) is 24.3. The first kappa shape index (κ1) is 16.2. The molecule has 0 radical (unpaired) electrons. The molecule has 0 aromatic heterocycles. The molecule has 0 aliphatic carbocycles. The van der Waals surface area contributed by atoms with E-state index in [9.17, 15) is 14.9 Å². The highest BCUT2D eigenvalue weighted by molar-refractivity contribution is 6.00. The van der Waals surface area contributed by atoms with Crippen LogP contribution in [0.25, 0.3) is 0 Å². The Labute approximate surface area is 128 Å². The fourth-order valence-corrected chi connectivity index (χ4v) is 2.90. The number of rotatable bonds is 7. The molecule has 1 aliphatic heterocycles. The minimum atomic E-state index is -0.703. The average molecular weight is 307 g/mol. The first-order chi connectivity index (χ1) is 10.4. The predicted molar refractivity (Wildman–Crippen MR) is 82.7 cm³/mol. The smallest absolute Gasteiger partial charge is 0.250 e. The van der Waals surface area contributed by atoms with Gasteiger partial charge in [0.2, 0.25) is 6.04 Å². The van der Waals surface area contributed by atoms with E-state index < -0.39 is 11.9 Å². The summed E-state index contributed by atoms with van der Waals surface area (Å²) in [5.74, 6) is -0.525. The number of hydrogen-bond donors (Lipinski definition) is 2. The lowest BCUT2D eigenvalue weighted by molar-refractivity contribution is -0.517. The summed E-state index contributed by atoms with van der Waals surface area (Å²) in [6.45, 7) is 3.07. The Bertz CT molecular complexity index is 588. The van der Waals surface area contributed by atoms with Crippen molar-refractivity contribution in [1.82, 2.24) is 0 Å². The SMILES string of the molecule is CC(Cc1cc2c(c(C(N)=O)c1)N(CCCO)CC2)[N+](=O)[O-]. The lowest BCUT2D eigenvalue weighted by Gasteiger charge is -2.21. The Balaban J connectivity index is 2.34. The number of primary amides is 1. The fourth-order valence-electron chi connectivity index (χ4n) is 2.90. The molecule has 0 bridgehead atoms. The van der Waals surface area contributed by atoms with Crippen LogP contribution in [0.1, 0.15) is 34.8 Å². The van der Waals surface area contributed by atoms with E-state index in [0.29, 0.717) is 18.5 Å². The van der Waals surface area contributed by atoms with Crippen LogP contribution in [-0.2, 0) is 12.8 Å². The molecule has 1 amide bonds. The Morgan fingerprint density at radius 2 is 2.27 bits per heavy atom. The van der Waals surface area contributed by atoms with Gasteiger partial charge in [0, 0.05) is 38.0 Å². The summed E-state index contributed by atoms with van der Waals surface area (Å²) >= 11 is 0. The number of nitro groups is 1. The van der Waals surface area contributed by atoms with Gasteiger partial charge < -0.3 is 15.7 Å². The third kappa shape index (κ3) is 3.36. The highest BCUT2D eigenvalue weighted by atomic mass is 16.6. The second-order valence-electron chi connectivity index (χ2n) is 5.67. The molecule has 0 spiro atoms. The van der Waals surface area contributed by atoms with Crippen LogP contribution in [0.15, 0.2) is 12.1 Å². The maximum absolute atomic E-state index is 11.8. The second kappa shape index (κ2) is 6.74. The van der Waals surface area contributed by atoms with E-state index in [-0.39, 0.29) is 18.0 Å². The Kier molecular flexibility index (Phi) is 4.97. The molecule has 0 saturated carbocycles. The zero-order valence-corrected chi connectivity index (χ0v) is 12.6. The van der Waals surface area contributed by atoms with Crippen LogP contribution in [0.2, 0.25) is 0 Å². The first-order valence-corrected chi connectivity index (χ1v) is 7.39. The Morgan fingerprint density at radius 1 is 1.55 bits per heavy atom. The van der Waals surface area contributed by atoms with Gasteiger partial charge in [-0.15, -0.1) is 0 Å². The summed E-state index contributed by atoms with van der Waals surface area (Å²) in [5.41, 5.74) is 8.49. The number of aliphatic hydroxyl groups excluding tert-OH is 1. The van der Waals surface area contributed by atoms with Crippen molar-refractivity contribution in [3.05, 3.63) is 38.9 Å². The van der Waals surface area contributed by atoms with Gasteiger partial charge >= 0.3 is 0 Å². The van der Waals surface area contributed by atoms with Crippen molar-refractivity contribution in [2.75, 3.05) is 24.6 Å². The van der Waals surface area contributed by atoms with Crippen LogP contribution in [0, 0.1) is 10.1 Å². The van der Waals surface area contributed by atoms with E-state index in [1.807, 2.05) is 11.0 Å². The predicted octanol–water partition coefficient (Wildman–Crippen LogP) is 0.738. The Hall–Kier alpha value is -2.15. The number of fused-ring (bicyclic) bond motifs is 1. The highest BCUT2D eigenvalue weighted by Gasteiger charge is 2.26. The molecule has 1 heterocycles. The van der Waals surface area contributed by atoms with Crippen LogP contribution in [0.5, 0.6) is 0 Å². The van der Waals surface area contributed by atoms with Crippen LogP contribution in [0.3, 0.4) is 0 Å². The molecule has 120 valence electrons. The molecule has 22 heavy (non-hydrogen) atoms. The number of anilines is 1. The van der Waals surface area contributed by atoms with Gasteiger partial charge in [-0.1, -0.05) is 6.07 Å². The van der Waals surface area contributed by atoms with Crippen LogP contribution in [-0.4, -0.2) is 41.7 Å². The van der Waals surface area contributed by atoms with Gasteiger partial charge in [-0.25, -0.2) is 0 Å². The molecule has 0 fully saturated rings. The number of carbonyl (C=O) groups is 1. The maximum atomic E-state index is 11.8. The zero-order chi connectivity index (χ0) is 16.3. The van der Waals surface area contributed by atoms with Crippen molar-refractivity contribution < 1.29 is 14.8 Å². The van der Waals surface area contributed by atoms with Crippen molar-refractivity contribution in [3.8, 4) is 0 Å². The van der Waals surface area contributed by atoms with E-state index in [0.717, 1.165) is 29.8 Å². The first-order valence-electron chi connectivity index (χ1n) is 7.39. The Morgan fingerprint density at radius 3 is 2.86 bits per heavy atom. The molecule has 3 N–H and O–H groups in total. The summed E-state index contributed by atoms with van der Waals surface area (Å²) in [6, 6.07) is 2.89. The molecule has 1 unspecified atom stereocenters. The highest BCUT2D eigenvalue weighted by Crippen LogP contribution is 2.33. The third-order valence-corrected chi connectivity index (χ3v) is 3.96. The number of benzene rings is 1.